The molecule has 1 N–H and O–H groups in total. The van der Waals surface area contributed by atoms with Gasteiger partial charge in [-0.1, -0.05) is 53.2 Å². The van der Waals surface area contributed by atoms with Crippen LogP contribution in [0.3, 0.4) is 0 Å². The van der Waals surface area contributed by atoms with Crippen molar-refractivity contribution in [3.63, 3.8) is 0 Å². The lowest BCUT2D eigenvalue weighted by molar-refractivity contribution is -0.121. The Morgan fingerprint density at radius 3 is 2.60 bits per heavy atom. The number of nitrogens with zero attached hydrogens (tertiary/aromatic N) is 1. The maximum absolute atomic E-state index is 11.8. The van der Waals surface area contributed by atoms with Crippen LogP contribution >= 0.6 is 15.9 Å². The maximum Gasteiger partial charge on any atom is 0.233 e. The molecule has 1 atom stereocenters. The van der Waals surface area contributed by atoms with Crippen molar-refractivity contribution in [2.75, 3.05) is 13.1 Å². The topological polar surface area (TPSA) is 32.3 Å². The Bertz CT molecular complexity index is 416. The Morgan fingerprint density at radius 2 is 2.00 bits per heavy atom. The van der Waals surface area contributed by atoms with Crippen molar-refractivity contribution in [1.29, 1.82) is 0 Å². The number of nitrogens with one attached hydrogen (secondary N) is 1. The number of carbonyl (C=O) groups is 1. The Morgan fingerprint density at radius 1 is 1.35 bits per heavy atom. The molecule has 4 heteroatoms. The molecular weight excluding hydrogens is 316 g/mol. The molecule has 0 spiro atoms. The average Bonchev–Trinajstić information content (AvgIpc) is 2.49. The van der Waals surface area contributed by atoms with Crippen LogP contribution in [0.5, 0.6) is 0 Å². The van der Waals surface area contributed by atoms with E-state index in [0.717, 1.165) is 38.9 Å². The van der Waals surface area contributed by atoms with Crippen molar-refractivity contribution in [2.45, 2.75) is 43.6 Å². The molecule has 0 saturated carbocycles. The van der Waals surface area contributed by atoms with Crippen molar-refractivity contribution < 1.29 is 4.79 Å². The fourth-order valence-electron chi connectivity index (χ4n) is 2.55. The molecule has 1 aliphatic heterocycles. The van der Waals surface area contributed by atoms with Crippen LogP contribution < -0.4 is 5.32 Å². The van der Waals surface area contributed by atoms with Gasteiger partial charge in [0.05, 0.1) is 4.83 Å². The van der Waals surface area contributed by atoms with Crippen molar-refractivity contribution in [3.05, 3.63) is 35.9 Å². The minimum absolute atomic E-state index is 0.0511. The lowest BCUT2D eigenvalue weighted by atomic mass is 10.0. The summed E-state index contributed by atoms with van der Waals surface area (Å²) in [5, 5.41) is 3.14. The van der Waals surface area contributed by atoms with Crippen LogP contribution in [0.1, 0.15) is 31.7 Å². The van der Waals surface area contributed by atoms with Crippen molar-refractivity contribution in [3.8, 4) is 0 Å². The fourth-order valence-corrected chi connectivity index (χ4v) is 2.69. The van der Waals surface area contributed by atoms with Crippen molar-refractivity contribution in [2.24, 2.45) is 0 Å². The predicted molar refractivity (Wildman–Crippen MR) is 85.9 cm³/mol. The van der Waals surface area contributed by atoms with Crippen LogP contribution in [0.15, 0.2) is 30.3 Å². The van der Waals surface area contributed by atoms with Gasteiger partial charge in [0, 0.05) is 25.7 Å². The minimum atomic E-state index is -0.0511. The molecule has 0 radical (unpaired) electrons. The SMILES string of the molecule is CCC(Br)C(=O)NC1CCN(Cc2ccccc2)CC1. The third-order valence-electron chi connectivity index (χ3n) is 3.83. The first-order valence-corrected chi connectivity index (χ1v) is 8.31. The van der Waals surface area contributed by atoms with Gasteiger partial charge in [-0.2, -0.15) is 0 Å². The van der Waals surface area contributed by atoms with E-state index in [1.807, 2.05) is 6.92 Å². The van der Waals surface area contributed by atoms with Gasteiger partial charge in [-0.05, 0) is 24.8 Å². The third kappa shape index (κ3) is 4.60. The summed E-state index contributed by atoms with van der Waals surface area (Å²) in [7, 11) is 0. The predicted octanol–water partition coefficient (Wildman–Crippen LogP) is 2.94. The van der Waals surface area contributed by atoms with E-state index < -0.39 is 0 Å². The van der Waals surface area contributed by atoms with Crippen LogP contribution in [0.25, 0.3) is 0 Å². The Labute approximate surface area is 129 Å². The molecule has 1 aromatic rings. The summed E-state index contributed by atoms with van der Waals surface area (Å²) >= 11 is 3.40. The summed E-state index contributed by atoms with van der Waals surface area (Å²) in [6.45, 7) is 5.14. The molecule has 1 unspecified atom stereocenters. The Balaban J connectivity index is 1.74. The third-order valence-corrected chi connectivity index (χ3v) is 4.89. The largest absolute Gasteiger partial charge is 0.352 e. The zero-order chi connectivity index (χ0) is 14.4. The van der Waals surface area contributed by atoms with Crippen molar-refractivity contribution in [1.82, 2.24) is 10.2 Å². The number of hydrogen-bond acceptors (Lipinski definition) is 2. The highest BCUT2D eigenvalue weighted by Gasteiger charge is 2.22. The molecule has 1 aliphatic rings. The molecule has 1 heterocycles. The molecule has 0 aliphatic carbocycles. The number of benzene rings is 1. The molecule has 1 amide bonds. The zero-order valence-corrected chi connectivity index (χ0v) is 13.6. The molecule has 1 aromatic carbocycles. The summed E-state index contributed by atoms with van der Waals surface area (Å²) in [4.78, 5) is 14.3. The smallest absolute Gasteiger partial charge is 0.233 e. The molecular formula is C16H23BrN2O. The van der Waals surface area contributed by atoms with E-state index in [0.29, 0.717) is 6.04 Å². The second-order valence-electron chi connectivity index (χ2n) is 5.42. The molecule has 3 nitrogen and oxygen atoms in total. The van der Waals surface area contributed by atoms with Gasteiger partial charge in [-0.25, -0.2) is 0 Å². The van der Waals surface area contributed by atoms with E-state index in [4.69, 9.17) is 0 Å². The number of likely N-dealkylation sites (tertiary alicyclic amines) is 1. The fraction of sp³-hybridized carbons (Fsp3) is 0.562. The molecule has 0 aromatic heterocycles. The van der Waals surface area contributed by atoms with Gasteiger partial charge in [0.25, 0.3) is 0 Å². The van der Waals surface area contributed by atoms with Crippen LogP contribution in [-0.2, 0) is 11.3 Å². The second kappa shape index (κ2) is 7.79. The Kier molecular flexibility index (Phi) is 6.05. The monoisotopic (exact) mass is 338 g/mol. The standard InChI is InChI=1S/C16H23BrN2O/c1-2-15(17)16(20)18-14-8-10-19(11-9-14)12-13-6-4-3-5-7-13/h3-7,14-15H,2,8-12H2,1H3,(H,18,20). The second-order valence-corrected chi connectivity index (χ2v) is 6.53. The first-order chi connectivity index (χ1) is 9.69. The van der Waals surface area contributed by atoms with Crippen LogP contribution in [0.4, 0.5) is 0 Å². The van der Waals surface area contributed by atoms with Gasteiger partial charge in [-0.15, -0.1) is 0 Å². The molecule has 110 valence electrons. The lowest BCUT2D eigenvalue weighted by Crippen LogP contribution is -2.46. The molecule has 0 bridgehead atoms. The summed E-state index contributed by atoms with van der Waals surface area (Å²) < 4.78 is 0. The summed E-state index contributed by atoms with van der Waals surface area (Å²) in [5.41, 5.74) is 1.36. The van der Waals surface area contributed by atoms with E-state index in [9.17, 15) is 4.79 Å². The number of carbonyl (C=O) groups excluding carboxylic acids is 1. The van der Waals surface area contributed by atoms with E-state index >= 15 is 0 Å². The van der Waals surface area contributed by atoms with Crippen molar-refractivity contribution >= 4 is 21.8 Å². The molecule has 20 heavy (non-hydrogen) atoms. The zero-order valence-electron chi connectivity index (χ0n) is 12.0. The number of alkyl halides is 1. The van der Waals surface area contributed by atoms with E-state index in [1.54, 1.807) is 0 Å². The normalized spacial score (nSPS) is 18.7. The highest BCUT2D eigenvalue weighted by Crippen LogP contribution is 2.15. The number of halogens is 1. The quantitative estimate of drug-likeness (QED) is 0.837. The minimum Gasteiger partial charge on any atom is -0.352 e. The summed E-state index contributed by atoms with van der Waals surface area (Å²) in [6, 6.07) is 10.9. The van der Waals surface area contributed by atoms with E-state index in [-0.39, 0.29) is 10.7 Å². The lowest BCUT2D eigenvalue weighted by Gasteiger charge is -2.32. The average molecular weight is 339 g/mol. The van der Waals surface area contributed by atoms with Gasteiger partial charge < -0.3 is 5.32 Å². The van der Waals surface area contributed by atoms with Gasteiger partial charge >= 0.3 is 0 Å². The highest BCUT2D eigenvalue weighted by atomic mass is 79.9. The van der Waals surface area contributed by atoms with Crippen LogP contribution in [-0.4, -0.2) is 34.8 Å². The Hall–Kier alpha value is -0.870. The van der Waals surface area contributed by atoms with Gasteiger partial charge in [0.2, 0.25) is 5.91 Å². The first-order valence-electron chi connectivity index (χ1n) is 7.39. The van der Waals surface area contributed by atoms with Gasteiger partial charge in [0.1, 0.15) is 0 Å². The molecule has 2 rings (SSSR count). The molecule has 1 fully saturated rings. The molecule has 1 saturated heterocycles. The number of rotatable bonds is 5. The van der Waals surface area contributed by atoms with Gasteiger partial charge in [0.15, 0.2) is 0 Å². The number of amides is 1. The maximum atomic E-state index is 11.8. The summed E-state index contributed by atoms with van der Waals surface area (Å²) in [6.07, 6.45) is 2.92. The summed E-state index contributed by atoms with van der Waals surface area (Å²) in [5.74, 6) is 0.133. The van der Waals surface area contributed by atoms with E-state index in [1.165, 1.54) is 5.56 Å². The van der Waals surface area contributed by atoms with Crippen LogP contribution in [0, 0.1) is 0 Å². The number of piperidine rings is 1. The highest BCUT2D eigenvalue weighted by molar-refractivity contribution is 9.10. The number of hydrogen-bond donors (Lipinski definition) is 1. The van der Waals surface area contributed by atoms with Gasteiger partial charge in [-0.3, -0.25) is 9.69 Å². The van der Waals surface area contributed by atoms with Crippen LogP contribution in [0.2, 0.25) is 0 Å². The van der Waals surface area contributed by atoms with E-state index in [2.05, 4.69) is 56.5 Å². The first kappa shape index (κ1) is 15.5.